The van der Waals surface area contributed by atoms with Crippen molar-refractivity contribution < 1.29 is 32.5 Å². The van der Waals surface area contributed by atoms with Crippen LogP contribution in [-0.4, -0.2) is 40.5 Å². The number of aromatic nitrogens is 1. The summed E-state index contributed by atoms with van der Waals surface area (Å²) in [5.41, 5.74) is 1.56. The summed E-state index contributed by atoms with van der Waals surface area (Å²) in [5.74, 6) is 3.10. The van der Waals surface area contributed by atoms with Gasteiger partial charge in [-0.25, -0.2) is 4.98 Å². The lowest BCUT2D eigenvalue weighted by Gasteiger charge is -2.16. The van der Waals surface area contributed by atoms with E-state index in [2.05, 4.69) is 15.9 Å². The van der Waals surface area contributed by atoms with E-state index in [4.69, 9.17) is 37.5 Å². The molecule has 0 fully saturated rings. The summed E-state index contributed by atoms with van der Waals surface area (Å²) in [6, 6.07) is 9.15. The quantitative estimate of drug-likeness (QED) is 0.265. The fourth-order valence-corrected chi connectivity index (χ4v) is 4.42. The molecule has 170 valence electrons. The van der Waals surface area contributed by atoms with E-state index in [9.17, 15) is 0 Å². The minimum Gasteiger partial charge on any atom is -0.493 e. The monoisotopic (exact) mass is 513 g/mol. The van der Waals surface area contributed by atoms with Crippen molar-refractivity contribution in [2.45, 2.75) is 0 Å². The lowest BCUT2D eigenvalue weighted by Crippen LogP contribution is -1.98. The number of halogens is 1. The van der Waals surface area contributed by atoms with Crippen LogP contribution in [-0.2, 0) is 0 Å². The number of fused-ring (bicyclic) bond motifs is 5. The van der Waals surface area contributed by atoms with Crippen LogP contribution >= 0.6 is 15.9 Å². The van der Waals surface area contributed by atoms with Crippen LogP contribution in [0.15, 0.2) is 43.8 Å². The first kappa shape index (κ1) is 21.3. The van der Waals surface area contributed by atoms with Crippen molar-refractivity contribution >= 4 is 48.8 Å². The third-order valence-electron chi connectivity index (χ3n) is 5.53. The van der Waals surface area contributed by atoms with Crippen molar-refractivity contribution in [2.75, 3.05) is 35.5 Å². The number of nitrogens with zero attached hydrogens (tertiary/aromatic N) is 1. The fourth-order valence-electron chi connectivity index (χ4n) is 4.12. The average molecular weight is 514 g/mol. The topological polar surface area (TPSA) is 85.3 Å². The smallest absolute Gasteiger partial charge is 0.228 e. The number of methoxy groups -OCH3 is 5. The Kier molecular flexibility index (Phi) is 5.20. The lowest BCUT2D eigenvalue weighted by molar-refractivity contribution is 0.327. The summed E-state index contributed by atoms with van der Waals surface area (Å²) >= 11 is 3.37. The van der Waals surface area contributed by atoms with Crippen LogP contribution < -0.4 is 23.7 Å². The second-order valence-electron chi connectivity index (χ2n) is 7.12. The Balaban J connectivity index is 2.03. The zero-order chi connectivity index (χ0) is 23.3. The molecule has 3 heterocycles. The Bertz CT molecular complexity index is 1520. The van der Waals surface area contributed by atoms with Crippen LogP contribution in [0.25, 0.3) is 44.3 Å². The molecular weight excluding hydrogens is 494 g/mol. The molecule has 5 aromatic rings. The third kappa shape index (κ3) is 3.14. The van der Waals surface area contributed by atoms with Crippen molar-refractivity contribution in [1.82, 2.24) is 4.98 Å². The van der Waals surface area contributed by atoms with Gasteiger partial charge in [0.2, 0.25) is 11.5 Å². The molecule has 0 saturated heterocycles. The molecule has 0 aliphatic rings. The molecular formula is C24H20BrNO7. The van der Waals surface area contributed by atoms with Gasteiger partial charge in [-0.3, -0.25) is 0 Å². The molecule has 33 heavy (non-hydrogen) atoms. The van der Waals surface area contributed by atoms with Gasteiger partial charge in [0.05, 0.1) is 46.3 Å². The van der Waals surface area contributed by atoms with Gasteiger partial charge in [0.25, 0.3) is 0 Å². The Morgan fingerprint density at radius 1 is 0.697 bits per heavy atom. The first-order valence-electron chi connectivity index (χ1n) is 9.91. The maximum atomic E-state index is 6.16. The molecule has 0 spiro atoms. The minimum atomic E-state index is 0.421. The van der Waals surface area contributed by atoms with Crippen LogP contribution in [0.2, 0.25) is 0 Å². The lowest BCUT2D eigenvalue weighted by atomic mass is 10.0. The fraction of sp³-hybridized carbons (Fsp3) is 0.208. The molecule has 9 heteroatoms. The van der Waals surface area contributed by atoms with Crippen LogP contribution in [0, 0.1) is 0 Å². The number of hydrogen-bond donors (Lipinski definition) is 0. The zero-order valence-corrected chi connectivity index (χ0v) is 20.2. The standard InChI is InChI=1S/C24H20BrNO7/c1-27-15-8-11-14(10-16(15)28-2)33-24-19(11)12-9-17(29-3)22(30-4)23(31-5)20(12)21(26-24)13-6-7-18(25)32-13/h6-10H,1-5H3. The molecule has 0 unspecified atom stereocenters. The largest absolute Gasteiger partial charge is 0.493 e. The highest BCUT2D eigenvalue weighted by molar-refractivity contribution is 9.10. The summed E-state index contributed by atoms with van der Waals surface area (Å²) in [7, 11) is 7.88. The predicted octanol–water partition coefficient (Wildman–Crippen LogP) is 6.20. The van der Waals surface area contributed by atoms with Gasteiger partial charge < -0.3 is 32.5 Å². The molecule has 0 amide bonds. The van der Waals surface area contributed by atoms with Gasteiger partial charge >= 0.3 is 0 Å². The highest BCUT2D eigenvalue weighted by atomic mass is 79.9. The van der Waals surface area contributed by atoms with Gasteiger partial charge in [-0.15, -0.1) is 0 Å². The number of rotatable bonds is 6. The Hall–Kier alpha value is -3.59. The SMILES string of the molecule is COc1cc2oc3nc(-c4ccc(Br)o4)c4c(OC)c(OC)c(OC)cc4c3c2cc1OC. The maximum Gasteiger partial charge on any atom is 0.228 e. The molecule has 8 nitrogen and oxygen atoms in total. The third-order valence-corrected chi connectivity index (χ3v) is 5.96. The van der Waals surface area contributed by atoms with Gasteiger partial charge in [0, 0.05) is 16.8 Å². The van der Waals surface area contributed by atoms with Crippen molar-refractivity contribution in [2.24, 2.45) is 0 Å². The van der Waals surface area contributed by atoms with E-state index in [-0.39, 0.29) is 0 Å². The van der Waals surface area contributed by atoms with Crippen molar-refractivity contribution in [3.8, 4) is 40.2 Å². The summed E-state index contributed by atoms with van der Waals surface area (Å²) in [6.45, 7) is 0. The van der Waals surface area contributed by atoms with Gasteiger partial charge in [-0.05, 0) is 40.2 Å². The number of furan rings is 2. The van der Waals surface area contributed by atoms with Crippen LogP contribution in [0.3, 0.4) is 0 Å². The first-order chi connectivity index (χ1) is 16.0. The second kappa shape index (κ2) is 8.08. The molecule has 0 N–H and O–H groups in total. The van der Waals surface area contributed by atoms with Gasteiger partial charge in [-0.1, -0.05) is 0 Å². The molecule has 0 saturated carbocycles. The van der Waals surface area contributed by atoms with Crippen LogP contribution in [0.5, 0.6) is 28.7 Å². The summed E-state index contributed by atoms with van der Waals surface area (Å²) < 4.78 is 40.6. The molecule has 0 radical (unpaired) electrons. The van der Waals surface area contributed by atoms with Gasteiger partial charge in [-0.2, -0.15) is 0 Å². The molecule has 0 aliphatic heterocycles. The predicted molar refractivity (Wildman–Crippen MR) is 127 cm³/mol. The molecule has 0 aliphatic carbocycles. The van der Waals surface area contributed by atoms with E-state index in [0.29, 0.717) is 61.6 Å². The Morgan fingerprint density at radius 2 is 1.36 bits per heavy atom. The van der Waals surface area contributed by atoms with E-state index in [1.165, 1.54) is 0 Å². The van der Waals surface area contributed by atoms with E-state index < -0.39 is 0 Å². The molecule has 5 rings (SSSR count). The minimum absolute atomic E-state index is 0.421. The number of pyridine rings is 1. The highest BCUT2D eigenvalue weighted by Gasteiger charge is 2.26. The van der Waals surface area contributed by atoms with Crippen molar-refractivity contribution in [3.05, 3.63) is 35.0 Å². The molecule has 0 atom stereocenters. The van der Waals surface area contributed by atoms with Crippen LogP contribution in [0.1, 0.15) is 0 Å². The van der Waals surface area contributed by atoms with E-state index in [1.807, 2.05) is 18.2 Å². The van der Waals surface area contributed by atoms with E-state index >= 15 is 0 Å². The summed E-state index contributed by atoms with van der Waals surface area (Å²) in [6.07, 6.45) is 0. The molecule has 2 aromatic carbocycles. The highest BCUT2D eigenvalue weighted by Crippen LogP contribution is 2.50. The summed E-state index contributed by atoms with van der Waals surface area (Å²) in [4.78, 5) is 4.84. The van der Waals surface area contributed by atoms with Crippen LogP contribution in [0.4, 0.5) is 0 Å². The Morgan fingerprint density at radius 3 is 1.97 bits per heavy atom. The number of benzene rings is 2. The summed E-state index contributed by atoms with van der Waals surface area (Å²) in [5, 5.41) is 3.07. The zero-order valence-electron chi connectivity index (χ0n) is 18.6. The normalized spacial score (nSPS) is 11.3. The second-order valence-corrected chi connectivity index (χ2v) is 7.90. The molecule has 3 aromatic heterocycles. The Labute approximate surface area is 197 Å². The van der Waals surface area contributed by atoms with E-state index in [1.54, 1.807) is 47.7 Å². The number of ether oxygens (including phenoxy) is 5. The van der Waals surface area contributed by atoms with Crippen molar-refractivity contribution in [1.29, 1.82) is 0 Å². The average Bonchev–Trinajstić information content (AvgIpc) is 3.43. The van der Waals surface area contributed by atoms with Gasteiger partial charge in [0.1, 0.15) is 11.3 Å². The van der Waals surface area contributed by atoms with Gasteiger partial charge in [0.15, 0.2) is 33.4 Å². The number of hydrogen-bond acceptors (Lipinski definition) is 8. The first-order valence-corrected chi connectivity index (χ1v) is 10.7. The van der Waals surface area contributed by atoms with E-state index in [0.717, 1.165) is 16.2 Å². The van der Waals surface area contributed by atoms with Crippen molar-refractivity contribution in [3.63, 3.8) is 0 Å². The maximum absolute atomic E-state index is 6.16. The molecule has 0 bridgehead atoms.